The van der Waals surface area contributed by atoms with Crippen molar-refractivity contribution in [2.75, 3.05) is 26.7 Å². The number of hydrogen-bond donors (Lipinski definition) is 2. The number of hydrogen-bond acceptors (Lipinski definition) is 9. The molecule has 1 fully saturated rings. The molecule has 0 aliphatic carbocycles. The largest absolute Gasteiger partial charge is 0.461 e. The number of aromatic nitrogens is 1. The van der Waals surface area contributed by atoms with E-state index in [4.69, 9.17) is 14.1 Å². The third-order valence-corrected chi connectivity index (χ3v) is 16.3. The van der Waals surface area contributed by atoms with Gasteiger partial charge in [-0.1, -0.05) is 74.7 Å². The number of esters is 1. The number of unbranched alkanes of at least 4 members (excludes halogenated alkanes) is 1. The summed E-state index contributed by atoms with van der Waals surface area (Å²) in [5.74, 6) is -1.41. The first-order valence-electron chi connectivity index (χ1n) is 19.2. The van der Waals surface area contributed by atoms with Crippen LogP contribution in [0.2, 0.25) is 18.1 Å². The molecule has 1 saturated heterocycles. The van der Waals surface area contributed by atoms with Gasteiger partial charge in [-0.25, -0.2) is 9.78 Å². The zero-order valence-corrected chi connectivity index (χ0v) is 35.7. The van der Waals surface area contributed by atoms with Crippen molar-refractivity contribution in [2.24, 2.45) is 11.8 Å². The lowest BCUT2D eigenvalue weighted by molar-refractivity contribution is -0.149. The third-order valence-electron chi connectivity index (χ3n) is 10.8. The van der Waals surface area contributed by atoms with Gasteiger partial charge in [-0.15, -0.1) is 11.3 Å². The van der Waals surface area contributed by atoms with Crippen LogP contribution in [-0.2, 0) is 23.5 Å². The predicted octanol–water partition coefficient (Wildman–Crippen LogP) is 6.95. The van der Waals surface area contributed by atoms with E-state index in [0.29, 0.717) is 24.4 Å². The molecule has 13 heteroatoms. The number of piperidine rings is 1. The molecular formula is C38H69N5O6SSi. The van der Waals surface area contributed by atoms with Crippen LogP contribution in [0.1, 0.15) is 136 Å². The van der Waals surface area contributed by atoms with Crippen LogP contribution in [0.4, 0.5) is 0 Å². The van der Waals surface area contributed by atoms with Crippen LogP contribution >= 0.6 is 11.3 Å². The molecule has 1 aromatic heterocycles. The highest BCUT2D eigenvalue weighted by Gasteiger charge is 2.45. The summed E-state index contributed by atoms with van der Waals surface area (Å²) in [5, 5.41) is 8.43. The lowest BCUT2D eigenvalue weighted by Crippen LogP contribution is -2.62. The summed E-state index contributed by atoms with van der Waals surface area (Å²) >= 11 is 1.35. The lowest BCUT2D eigenvalue weighted by Gasteiger charge is -2.44. The van der Waals surface area contributed by atoms with Crippen LogP contribution in [0.3, 0.4) is 0 Å². The van der Waals surface area contributed by atoms with E-state index in [1.165, 1.54) is 11.3 Å². The number of nitrogens with one attached hydrogen (secondary N) is 2. The minimum absolute atomic E-state index is 0.0902. The molecule has 0 aromatic carbocycles. The van der Waals surface area contributed by atoms with Gasteiger partial charge in [-0.3, -0.25) is 19.3 Å². The van der Waals surface area contributed by atoms with Crippen molar-refractivity contribution in [1.82, 2.24) is 25.4 Å². The van der Waals surface area contributed by atoms with Gasteiger partial charge >= 0.3 is 5.97 Å². The Kier molecular flexibility index (Phi) is 17.7. The Morgan fingerprint density at radius 1 is 1.10 bits per heavy atom. The summed E-state index contributed by atoms with van der Waals surface area (Å²) in [4.78, 5) is 63.9. The molecule has 1 aliphatic rings. The molecule has 1 aromatic rings. The molecule has 6 atom stereocenters. The summed E-state index contributed by atoms with van der Waals surface area (Å²) in [5.41, 5.74) is 0.227. The Morgan fingerprint density at radius 2 is 1.76 bits per heavy atom. The number of ether oxygens (including phenoxy) is 1. The summed E-state index contributed by atoms with van der Waals surface area (Å²) < 4.78 is 12.3. The highest BCUT2D eigenvalue weighted by atomic mass is 32.1. The molecule has 3 amide bonds. The average molecular weight is 752 g/mol. The van der Waals surface area contributed by atoms with E-state index in [-0.39, 0.29) is 52.9 Å². The third kappa shape index (κ3) is 12.4. The van der Waals surface area contributed by atoms with Crippen LogP contribution in [0.5, 0.6) is 0 Å². The summed E-state index contributed by atoms with van der Waals surface area (Å²) in [6, 6.07) is -2.40. The molecule has 51 heavy (non-hydrogen) atoms. The van der Waals surface area contributed by atoms with E-state index >= 15 is 4.79 Å². The molecule has 2 rings (SSSR count). The summed E-state index contributed by atoms with van der Waals surface area (Å²) in [6.45, 7) is 26.2. The Balaban J connectivity index is 2.69. The highest BCUT2D eigenvalue weighted by Crippen LogP contribution is 2.42. The highest BCUT2D eigenvalue weighted by molar-refractivity contribution is 7.09. The molecule has 2 N–H and O–H groups in total. The summed E-state index contributed by atoms with van der Waals surface area (Å²) in [6.07, 6.45) is 4.97. The minimum Gasteiger partial charge on any atom is -0.461 e. The number of rotatable bonds is 19. The number of carbonyl (C=O) groups excluding carboxylic acids is 4. The first kappa shape index (κ1) is 44.8. The smallest absolute Gasteiger partial charge is 0.357 e. The molecule has 0 saturated carbocycles. The monoisotopic (exact) mass is 751 g/mol. The zero-order chi connectivity index (χ0) is 38.7. The van der Waals surface area contributed by atoms with Gasteiger partial charge < -0.3 is 24.7 Å². The van der Waals surface area contributed by atoms with Gasteiger partial charge in [0.2, 0.25) is 17.7 Å². The first-order valence-corrected chi connectivity index (χ1v) is 23.0. The number of carbonyl (C=O) groups is 4. The van der Waals surface area contributed by atoms with E-state index in [9.17, 15) is 14.4 Å². The number of amides is 3. The van der Waals surface area contributed by atoms with Crippen LogP contribution in [0, 0.1) is 11.8 Å². The molecule has 1 unspecified atom stereocenters. The van der Waals surface area contributed by atoms with Gasteiger partial charge in [0, 0.05) is 18.0 Å². The van der Waals surface area contributed by atoms with Gasteiger partial charge in [0.1, 0.15) is 17.1 Å². The fraction of sp³-hybridized carbons (Fsp3) is 0.816. The van der Waals surface area contributed by atoms with Crippen LogP contribution in [-0.4, -0.2) is 97.7 Å². The molecule has 0 spiro atoms. The second kappa shape index (κ2) is 20.2. The normalized spacial score (nSPS) is 18.7. The Labute approximate surface area is 313 Å². The van der Waals surface area contributed by atoms with Crippen molar-refractivity contribution < 1.29 is 28.3 Å². The van der Waals surface area contributed by atoms with Crippen LogP contribution < -0.4 is 10.6 Å². The van der Waals surface area contributed by atoms with Gasteiger partial charge in [0.05, 0.1) is 18.8 Å². The number of likely N-dealkylation sites (tertiary alicyclic amines) is 1. The fourth-order valence-electron chi connectivity index (χ4n) is 6.20. The Morgan fingerprint density at radius 3 is 2.31 bits per heavy atom. The van der Waals surface area contributed by atoms with Crippen molar-refractivity contribution >= 4 is 43.3 Å². The maximum atomic E-state index is 15.1. The maximum Gasteiger partial charge on any atom is 0.357 e. The molecular weight excluding hydrogens is 683 g/mol. The van der Waals surface area contributed by atoms with Gasteiger partial charge in [-0.2, -0.15) is 0 Å². The zero-order valence-electron chi connectivity index (χ0n) is 33.9. The van der Waals surface area contributed by atoms with Gasteiger partial charge in [-0.05, 0) is 83.1 Å². The number of nitrogens with zero attached hydrogens (tertiary/aromatic N) is 3. The average Bonchev–Trinajstić information content (AvgIpc) is 3.56. The number of likely N-dealkylation sites (N-methyl/N-ethyl adjacent to an activating group) is 1. The van der Waals surface area contributed by atoms with E-state index in [1.807, 2.05) is 20.9 Å². The second-order valence-corrected chi connectivity index (χ2v) is 21.8. The summed E-state index contributed by atoms with van der Waals surface area (Å²) in [7, 11) is -0.445. The molecule has 0 bridgehead atoms. The fourth-order valence-corrected chi connectivity index (χ4v) is 8.38. The second-order valence-electron chi connectivity index (χ2n) is 16.1. The molecule has 1 aliphatic heterocycles. The lowest BCUT2D eigenvalue weighted by atomic mass is 9.90. The molecule has 292 valence electrons. The van der Waals surface area contributed by atoms with Crippen LogP contribution in [0.15, 0.2) is 5.38 Å². The van der Waals surface area contributed by atoms with Crippen molar-refractivity contribution in [1.29, 1.82) is 0 Å². The van der Waals surface area contributed by atoms with E-state index in [1.54, 1.807) is 24.1 Å². The van der Waals surface area contributed by atoms with E-state index in [0.717, 1.165) is 38.6 Å². The van der Waals surface area contributed by atoms with Crippen molar-refractivity contribution in [2.45, 2.75) is 163 Å². The quantitative estimate of drug-likeness (QED) is 0.0884. The molecule has 2 heterocycles. The van der Waals surface area contributed by atoms with Crippen molar-refractivity contribution in [3.05, 3.63) is 16.1 Å². The molecule has 11 nitrogen and oxygen atoms in total. The topological polar surface area (TPSA) is 130 Å². The van der Waals surface area contributed by atoms with E-state index < -0.39 is 38.5 Å². The Hall–Kier alpha value is -2.35. The van der Waals surface area contributed by atoms with Crippen molar-refractivity contribution in [3.63, 3.8) is 0 Å². The SMILES string of the molecule is CCCCNC(=O)C(C)N(C(=O)[C@@H](NC(=O)[C@H]1CCCCN1C)[C@@H](C)CC)[C@H](C[C@@H](O[Si](C)(C)C(C)(C)C)c1nc(C(=O)OCC)cs1)C(C)C. The minimum atomic E-state index is -2.41. The maximum absolute atomic E-state index is 15.1. The van der Waals surface area contributed by atoms with Crippen LogP contribution in [0.25, 0.3) is 0 Å². The van der Waals surface area contributed by atoms with Gasteiger partial charge in [0.15, 0.2) is 14.0 Å². The Bertz CT molecular complexity index is 1280. The standard InChI is InChI=1S/C38H69N5O6SSi/c1-14-17-21-39-33(44)27(7)43(36(46)32(26(6)15-2)41-34(45)29-20-18-19-22-42(29)11)30(25(4)5)23-31(49-51(12,13)38(8,9)10)35-40-28(24-50-35)37(47)48-16-3/h24-27,29-32H,14-23H2,1-13H3,(H,39,44)(H,41,45)/t26-,27?,29+,30+,31+,32-/m0/s1. The molecule has 0 radical (unpaired) electrons. The number of thiazole rings is 1. The first-order chi connectivity index (χ1) is 23.8. The predicted molar refractivity (Wildman–Crippen MR) is 208 cm³/mol. The van der Waals surface area contributed by atoms with E-state index in [2.05, 4.69) is 70.2 Å². The van der Waals surface area contributed by atoms with Gasteiger partial charge in [0.25, 0.3) is 0 Å². The van der Waals surface area contributed by atoms with Crippen molar-refractivity contribution in [3.8, 4) is 0 Å².